The van der Waals surface area contributed by atoms with Crippen LogP contribution in [0.4, 0.5) is 5.82 Å². The number of rotatable bonds is 5. The van der Waals surface area contributed by atoms with E-state index in [0.29, 0.717) is 23.9 Å². The third-order valence-electron chi connectivity index (χ3n) is 7.56. The topological polar surface area (TPSA) is 87.0 Å². The Labute approximate surface area is 187 Å². The average molecular weight is 431 g/mol. The van der Waals surface area contributed by atoms with Crippen molar-refractivity contribution in [2.45, 2.75) is 57.0 Å². The van der Waals surface area contributed by atoms with E-state index in [2.05, 4.69) is 73.2 Å². The van der Waals surface area contributed by atoms with E-state index in [0.717, 1.165) is 47.7 Å². The van der Waals surface area contributed by atoms with E-state index in [9.17, 15) is 0 Å². The van der Waals surface area contributed by atoms with Crippen LogP contribution in [0.5, 0.6) is 0 Å². The second kappa shape index (κ2) is 7.85. The molecule has 1 aliphatic carbocycles. The lowest BCUT2D eigenvalue weighted by molar-refractivity contribution is 0.317. The molecule has 0 amide bonds. The lowest BCUT2D eigenvalue weighted by Crippen LogP contribution is -2.19. The van der Waals surface area contributed by atoms with Gasteiger partial charge in [0.25, 0.3) is 0 Å². The van der Waals surface area contributed by atoms with Gasteiger partial charge in [0.2, 0.25) is 0 Å². The van der Waals surface area contributed by atoms with Crippen molar-refractivity contribution in [2.24, 2.45) is 5.92 Å². The Morgan fingerprint density at radius 1 is 1.12 bits per heavy atom. The van der Waals surface area contributed by atoms with E-state index < -0.39 is 0 Å². The van der Waals surface area contributed by atoms with E-state index >= 15 is 0 Å². The first-order valence-corrected chi connectivity index (χ1v) is 11.8. The lowest BCUT2D eigenvalue weighted by atomic mass is 9.93. The predicted molar refractivity (Wildman–Crippen MR) is 125 cm³/mol. The van der Waals surface area contributed by atoms with Crippen LogP contribution in [0.25, 0.3) is 16.8 Å². The van der Waals surface area contributed by atoms with E-state index in [1.807, 2.05) is 6.20 Å². The summed E-state index contributed by atoms with van der Waals surface area (Å²) < 4.78 is 2.18. The predicted octanol–water partition coefficient (Wildman–Crippen LogP) is 4.15. The first-order chi connectivity index (χ1) is 15.7. The molecule has 4 aromatic rings. The van der Waals surface area contributed by atoms with Gasteiger partial charge in [0.05, 0.1) is 11.7 Å². The molecule has 1 saturated heterocycles. The second-order valence-electron chi connectivity index (χ2n) is 9.42. The van der Waals surface area contributed by atoms with Gasteiger partial charge in [-0.25, -0.2) is 9.97 Å². The Kier molecular flexibility index (Phi) is 4.82. The van der Waals surface area contributed by atoms with Crippen molar-refractivity contribution in [3.8, 4) is 0 Å². The zero-order valence-electron chi connectivity index (χ0n) is 18.7. The third kappa shape index (κ3) is 3.24. The van der Waals surface area contributed by atoms with Crippen molar-refractivity contribution in [2.75, 3.05) is 18.9 Å². The Hall–Kier alpha value is -3.00. The summed E-state index contributed by atoms with van der Waals surface area (Å²) >= 11 is 0. The molecule has 32 heavy (non-hydrogen) atoms. The highest BCUT2D eigenvalue weighted by Gasteiger charge is 2.37. The number of aromatic amines is 1. The molecule has 0 bridgehead atoms. The molecule has 6 rings (SSSR count). The summed E-state index contributed by atoms with van der Waals surface area (Å²) in [6.07, 6.45) is 11.5. The SMILES string of the molecule is CC[C@@H]1C[C@H](Nc2ccc([C@@H]3CCCN3C)cn2)C[C@@H]1c1nnc2cnc3[nH]ccc3n12. The average Bonchev–Trinajstić information content (AvgIpc) is 3.59. The molecule has 1 saturated carbocycles. The quantitative estimate of drug-likeness (QED) is 0.495. The molecule has 5 heterocycles. The van der Waals surface area contributed by atoms with Crippen molar-refractivity contribution >= 4 is 22.6 Å². The Morgan fingerprint density at radius 2 is 2.06 bits per heavy atom. The summed E-state index contributed by atoms with van der Waals surface area (Å²) in [5, 5.41) is 12.8. The maximum absolute atomic E-state index is 4.76. The fraction of sp³-hybridized carbons (Fsp3) is 0.500. The molecule has 8 nitrogen and oxygen atoms in total. The molecule has 1 aliphatic heterocycles. The number of pyridine rings is 1. The van der Waals surface area contributed by atoms with E-state index in [-0.39, 0.29) is 0 Å². The van der Waals surface area contributed by atoms with Crippen LogP contribution < -0.4 is 5.32 Å². The second-order valence-corrected chi connectivity index (χ2v) is 9.42. The van der Waals surface area contributed by atoms with Crippen LogP contribution in [0, 0.1) is 5.92 Å². The highest BCUT2D eigenvalue weighted by molar-refractivity contribution is 5.74. The normalized spacial score (nSPS) is 26.4. The molecule has 2 N–H and O–H groups in total. The number of hydrogen-bond donors (Lipinski definition) is 2. The molecule has 8 heteroatoms. The minimum Gasteiger partial charge on any atom is -0.367 e. The molecular formula is C24H30N8. The smallest absolute Gasteiger partial charge is 0.179 e. The fourth-order valence-corrected chi connectivity index (χ4v) is 5.88. The summed E-state index contributed by atoms with van der Waals surface area (Å²) in [7, 11) is 2.21. The van der Waals surface area contributed by atoms with E-state index in [1.165, 1.54) is 24.9 Å². The van der Waals surface area contributed by atoms with Crippen molar-refractivity contribution in [1.82, 2.24) is 34.4 Å². The van der Waals surface area contributed by atoms with Gasteiger partial charge in [0.15, 0.2) is 11.3 Å². The minimum absolute atomic E-state index is 0.361. The van der Waals surface area contributed by atoms with Gasteiger partial charge in [-0.3, -0.25) is 9.30 Å². The first kappa shape index (κ1) is 19.7. The number of likely N-dealkylation sites (tertiary alicyclic amines) is 1. The summed E-state index contributed by atoms with van der Waals surface area (Å²) in [6.45, 7) is 3.46. The van der Waals surface area contributed by atoms with Gasteiger partial charge in [0.1, 0.15) is 11.6 Å². The third-order valence-corrected chi connectivity index (χ3v) is 7.56. The van der Waals surface area contributed by atoms with Crippen LogP contribution in [0.1, 0.15) is 62.4 Å². The molecule has 166 valence electrons. The monoisotopic (exact) mass is 430 g/mol. The molecule has 2 aliphatic rings. The molecule has 0 unspecified atom stereocenters. The summed E-state index contributed by atoms with van der Waals surface area (Å²) in [5.41, 5.74) is 4.05. The van der Waals surface area contributed by atoms with Gasteiger partial charge < -0.3 is 10.3 Å². The lowest BCUT2D eigenvalue weighted by Gasteiger charge is -2.20. The van der Waals surface area contributed by atoms with Gasteiger partial charge in [0, 0.05) is 30.4 Å². The zero-order chi connectivity index (χ0) is 21.7. The number of aromatic nitrogens is 6. The molecule has 0 aromatic carbocycles. The Bertz CT molecular complexity index is 1230. The van der Waals surface area contributed by atoms with Crippen LogP contribution >= 0.6 is 0 Å². The van der Waals surface area contributed by atoms with Crippen LogP contribution in [-0.4, -0.2) is 54.1 Å². The van der Waals surface area contributed by atoms with E-state index in [4.69, 9.17) is 4.98 Å². The first-order valence-electron chi connectivity index (χ1n) is 11.8. The molecule has 0 radical (unpaired) electrons. The molecule has 0 spiro atoms. The van der Waals surface area contributed by atoms with Crippen LogP contribution in [0.2, 0.25) is 0 Å². The molecular weight excluding hydrogens is 400 g/mol. The zero-order valence-corrected chi connectivity index (χ0v) is 18.7. The fourth-order valence-electron chi connectivity index (χ4n) is 5.88. The standard InChI is InChI=1S/C24H30N8/c1-3-15-11-17(28-21-7-6-16(13-26-21)19-5-4-10-31(19)2)12-18(15)24-30-29-22-14-27-23-20(32(22)24)8-9-25-23/h6-9,13-15,17-19,25H,3-5,10-12H2,1-2H3,(H,26,28)/t15-,17+,18+,19+/m1/s1. The van der Waals surface area contributed by atoms with Gasteiger partial charge in [-0.1, -0.05) is 19.4 Å². The Morgan fingerprint density at radius 3 is 2.84 bits per heavy atom. The van der Waals surface area contributed by atoms with Gasteiger partial charge in [-0.05, 0) is 62.9 Å². The largest absolute Gasteiger partial charge is 0.367 e. The Balaban J connectivity index is 1.23. The number of fused-ring (bicyclic) bond motifs is 3. The molecule has 2 fully saturated rings. The maximum Gasteiger partial charge on any atom is 0.179 e. The van der Waals surface area contributed by atoms with Crippen molar-refractivity contribution in [3.05, 3.63) is 48.2 Å². The number of hydrogen-bond acceptors (Lipinski definition) is 6. The number of nitrogens with one attached hydrogen (secondary N) is 2. The summed E-state index contributed by atoms with van der Waals surface area (Å²) in [4.78, 5) is 14.8. The van der Waals surface area contributed by atoms with Gasteiger partial charge in [-0.2, -0.15) is 0 Å². The summed E-state index contributed by atoms with van der Waals surface area (Å²) in [6, 6.07) is 7.34. The highest BCUT2D eigenvalue weighted by atomic mass is 15.3. The summed E-state index contributed by atoms with van der Waals surface area (Å²) in [5.74, 6) is 2.95. The van der Waals surface area contributed by atoms with Crippen molar-refractivity contribution in [3.63, 3.8) is 0 Å². The van der Waals surface area contributed by atoms with Crippen LogP contribution in [0.15, 0.2) is 36.8 Å². The number of anilines is 1. The number of nitrogens with zero attached hydrogens (tertiary/aromatic N) is 6. The molecule has 4 aromatic heterocycles. The molecule has 4 atom stereocenters. The van der Waals surface area contributed by atoms with Crippen molar-refractivity contribution < 1.29 is 0 Å². The maximum atomic E-state index is 4.76. The van der Waals surface area contributed by atoms with Crippen molar-refractivity contribution in [1.29, 1.82) is 0 Å². The highest BCUT2D eigenvalue weighted by Crippen LogP contribution is 2.42. The van der Waals surface area contributed by atoms with Gasteiger partial charge >= 0.3 is 0 Å². The number of H-pyrrole nitrogens is 1. The minimum atomic E-state index is 0.361. The van der Waals surface area contributed by atoms with Crippen LogP contribution in [-0.2, 0) is 0 Å². The van der Waals surface area contributed by atoms with E-state index in [1.54, 1.807) is 6.20 Å². The van der Waals surface area contributed by atoms with Gasteiger partial charge in [-0.15, -0.1) is 10.2 Å². The van der Waals surface area contributed by atoms with Crippen LogP contribution in [0.3, 0.4) is 0 Å².